The Balaban J connectivity index is 3.08. The molecule has 1 N–H and O–H groups in total. The molecule has 0 atom stereocenters. The van der Waals surface area contributed by atoms with Crippen molar-refractivity contribution in [1.29, 1.82) is 0 Å². The van der Waals surface area contributed by atoms with Crippen LogP contribution in [-0.2, 0) is 25.9 Å². The summed E-state index contributed by atoms with van der Waals surface area (Å²) in [7, 11) is 0. The molecule has 0 unspecified atom stereocenters. The fraction of sp³-hybridized carbons (Fsp3) is 0.786. The highest BCUT2D eigenvalue weighted by atomic mass is 19.4. The van der Waals surface area contributed by atoms with E-state index < -0.39 is 12.7 Å². The van der Waals surface area contributed by atoms with Crippen molar-refractivity contribution < 1.29 is 13.2 Å². The number of aromatic nitrogens is 2. The lowest BCUT2D eigenvalue weighted by atomic mass is 10.1. The van der Waals surface area contributed by atoms with E-state index >= 15 is 0 Å². The van der Waals surface area contributed by atoms with Gasteiger partial charge in [-0.2, -0.15) is 18.3 Å². The van der Waals surface area contributed by atoms with Gasteiger partial charge in [0, 0.05) is 23.3 Å². The van der Waals surface area contributed by atoms with Crippen molar-refractivity contribution in [3.8, 4) is 0 Å². The van der Waals surface area contributed by atoms with E-state index in [0.29, 0.717) is 25.1 Å². The number of nitrogens with one attached hydrogen (secondary N) is 1. The van der Waals surface area contributed by atoms with Crippen LogP contribution in [0.15, 0.2) is 0 Å². The third kappa shape index (κ3) is 4.81. The molecule has 116 valence electrons. The zero-order chi connectivity index (χ0) is 15.6. The van der Waals surface area contributed by atoms with Crippen LogP contribution in [0.4, 0.5) is 13.2 Å². The van der Waals surface area contributed by atoms with Gasteiger partial charge in [0.25, 0.3) is 0 Å². The van der Waals surface area contributed by atoms with Gasteiger partial charge in [-0.25, -0.2) is 0 Å². The Labute approximate surface area is 118 Å². The first-order valence-corrected chi connectivity index (χ1v) is 6.96. The van der Waals surface area contributed by atoms with Crippen molar-refractivity contribution >= 4 is 0 Å². The summed E-state index contributed by atoms with van der Waals surface area (Å²) < 4.78 is 38.9. The fourth-order valence-corrected chi connectivity index (χ4v) is 2.13. The van der Waals surface area contributed by atoms with Gasteiger partial charge in [-0.05, 0) is 33.6 Å². The number of nitrogens with zero attached hydrogens (tertiary/aromatic N) is 2. The van der Waals surface area contributed by atoms with E-state index in [2.05, 4.69) is 10.4 Å². The van der Waals surface area contributed by atoms with E-state index in [0.717, 1.165) is 15.9 Å². The van der Waals surface area contributed by atoms with Crippen LogP contribution in [0.5, 0.6) is 0 Å². The average Bonchev–Trinajstić information content (AvgIpc) is 2.59. The fourth-order valence-electron chi connectivity index (χ4n) is 2.13. The maximum atomic E-state index is 12.6. The lowest BCUT2D eigenvalue weighted by molar-refractivity contribution is -0.143. The maximum absolute atomic E-state index is 12.6. The van der Waals surface area contributed by atoms with Crippen LogP contribution < -0.4 is 5.32 Å². The largest absolute Gasteiger partial charge is 0.408 e. The molecule has 1 aromatic rings. The van der Waals surface area contributed by atoms with Crippen molar-refractivity contribution in [2.75, 3.05) is 0 Å². The summed E-state index contributed by atoms with van der Waals surface area (Å²) in [5, 5.41) is 7.47. The summed E-state index contributed by atoms with van der Waals surface area (Å²) in [6, 6.07) is 0. The Hall–Kier alpha value is -1.04. The quantitative estimate of drug-likeness (QED) is 0.900. The van der Waals surface area contributed by atoms with Gasteiger partial charge in [0.2, 0.25) is 0 Å². The minimum Gasteiger partial charge on any atom is -0.308 e. The van der Waals surface area contributed by atoms with Gasteiger partial charge in [0.1, 0.15) is 6.54 Å². The third-order valence-corrected chi connectivity index (χ3v) is 3.04. The Morgan fingerprint density at radius 3 is 2.10 bits per heavy atom. The van der Waals surface area contributed by atoms with Gasteiger partial charge < -0.3 is 5.32 Å². The highest BCUT2D eigenvalue weighted by Gasteiger charge is 2.30. The summed E-state index contributed by atoms with van der Waals surface area (Å²) in [5.74, 6) is 0. The molecule has 0 aliphatic heterocycles. The monoisotopic (exact) mass is 291 g/mol. The first kappa shape index (κ1) is 17.0. The highest BCUT2D eigenvalue weighted by molar-refractivity contribution is 5.27. The minimum absolute atomic E-state index is 0.0812. The predicted molar refractivity (Wildman–Crippen MR) is 73.6 cm³/mol. The van der Waals surface area contributed by atoms with Crippen molar-refractivity contribution in [3.05, 3.63) is 17.0 Å². The molecule has 0 saturated carbocycles. The van der Waals surface area contributed by atoms with Gasteiger partial charge in [0.05, 0.1) is 5.69 Å². The molecule has 0 radical (unpaired) electrons. The molecule has 0 saturated heterocycles. The lowest BCUT2D eigenvalue weighted by Crippen LogP contribution is -2.35. The number of aryl methyl sites for hydroxylation is 1. The second-order valence-electron chi connectivity index (χ2n) is 5.96. The molecule has 1 heterocycles. The molecule has 0 amide bonds. The van der Waals surface area contributed by atoms with Gasteiger partial charge in [-0.3, -0.25) is 4.68 Å². The van der Waals surface area contributed by atoms with E-state index in [1.165, 1.54) is 0 Å². The van der Waals surface area contributed by atoms with E-state index in [1.54, 1.807) is 0 Å². The Morgan fingerprint density at radius 2 is 1.70 bits per heavy atom. The summed E-state index contributed by atoms with van der Waals surface area (Å²) in [5.41, 5.74) is 2.26. The molecule has 0 aliphatic rings. The van der Waals surface area contributed by atoms with Crippen LogP contribution in [0.3, 0.4) is 0 Å². The normalized spacial score (nSPS) is 13.0. The predicted octanol–water partition coefficient (Wildman–Crippen LogP) is 3.46. The van der Waals surface area contributed by atoms with Crippen LogP contribution in [0.25, 0.3) is 0 Å². The molecule has 0 bridgehead atoms. The van der Waals surface area contributed by atoms with Crippen LogP contribution >= 0.6 is 0 Å². The first-order valence-electron chi connectivity index (χ1n) is 6.96. The van der Waals surface area contributed by atoms with Crippen molar-refractivity contribution in [2.45, 2.75) is 72.3 Å². The average molecular weight is 291 g/mol. The number of hydrogen-bond donors (Lipinski definition) is 1. The highest BCUT2D eigenvalue weighted by Crippen LogP contribution is 2.23. The van der Waals surface area contributed by atoms with Gasteiger partial charge in [-0.1, -0.05) is 13.8 Å². The number of rotatable bonds is 5. The number of hydrogen-bond acceptors (Lipinski definition) is 2. The SMILES string of the molecule is CCc1nn(CC(F)(F)F)c(CC)c1CNC(C)(C)C. The summed E-state index contributed by atoms with van der Waals surface area (Å²) >= 11 is 0. The summed E-state index contributed by atoms with van der Waals surface area (Å²) in [6.07, 6.45) is -3.06. The van der Waals surface area contributed by atoms with E-state index in [4.69, 9.17) is 0 Å². The van der Waals surface area contributed by atoms with Crippen LogP contribution in [0.2, 0.25) is 0 Å². The number of halogens is 3. The van der Waals surface area contributed by atoms with E-state index in [9.17, 15) is 13.2 Å². The molecule has 6 heteroatoms. The standard InChI is InChI=1S/C14H24F3N3/c1-6-11-10(8-18-13(3,4)5)12(7-2)20(19-11)9-14(15,16)17/h18H,6-9H2,1-5H3. The summed E-state index contributed by atoms with van der Waals surface area (Å²) in [4.78, 5) is 0. The topological polar surface area (TPSA) is 29.9 Å². The summed E-state index contributed by atoms with van der Waals surface area (Å²) in [6.45, 7) is 9.41. The molecule has 1 aromatic heterocycles. The molecule has 1 rings (SSSR count). The molecule has 20 heavy (non-hydrogen) atoms. The van der Waals surface area contributed by atoms with E-state index in [-0.39, 0.29) is 5.54 Å². The molecule has 3 nitrogen and oxygen atoms in total. The van der Waals surface area contributed by atoms with Gasteiger partial charge in [-0.15, -0.1) is 0 Å². The van der Waals surface area contributed by atoms with E-state index in [1.807, 2.05) is 34.6 Å². The van der Waals surface area contributed by atoms with Crippen LogP contribution in [0, 0.1) is 0 Å². The second-order valence-corrected chi connectivity index (χ2v) is 5.96. The zero-order valence-electron chi connectivity index (χ0n) is 12.9. The van der Waals surface area contributed by atoms with Crippen LogP contribution in [0.1, 0.15) is 51.6 Å². The zero-order valence-corrected chi connectivity index (χ0v) is 12.9. The number of alkyl halides is 3. The first-order chi connectivity index (χ1) is 9.07. The smallest absolute Gasteiger partial charge is 0.308 e. The van der Waals surface area contributed by atoms with Gasteiger partial charge >= 0.3 is 6.18 Å². The second kappa shape index (κ2) is 6.16. The maximum Gasteiger partial charge on any atom is 0.408 e. The molecule has 0 aromatic carbocycles. The van der Waals surface area contributed by atoms with Crippen molar-refractivity contribution in [1.82, 2.24) is 15.1 Å². The Morgan fingerprint density at radius 1 is 1.10 bits per heavy atom. The molecular formula is C14H24F3N3. The molecule has 0 aliphatic carbocycles. The Kier molecular flexibility index (Phi) is 5.24. The minimum atomic E-state index is -4.24. The van der Waals surface area contributed by atoms with Crippen LogP contribution in [-0.4, -0.2) is 21.5 Å². The Bertz CT molecular complexity index is 442. The molecular weight excluding hydrogens is 267 g/mol. The van der Waals surface area contributed by atoms with Gasteiger partial charge in [0.15, 0.2) is 0 Å². The molecule has 0 fully saturated rings. The molecule has 0 spiro atoms. The lowest BCUT2D eigenvalue weighted by Gasteiger charge is -2.21. The van der Waals surface area contributed by atoms with Crippen molar-refractivity contribution in [3.63, 3.8) is 0 Å². The van der Waals surface area contributed by atoms with Crippen molar-refractivity contribution in [2.24, 2.45) is 0 Å². The third-order valence-electron chi connectivity index (χ3n) is 3.04.